The first-order chi connectivity index (χ1) is 6.65. The van der Waals surface area contributed by atoms with Crippen LogP contribution in [0.5, 0.6) is 0 Å². The number of fused-ring (bicyclic) bond motifs is 1. The second kappa shape index (κ2) is 5.01. The lowest BCUT2D eigenvalue weighted by atomic mass is 10.0. The van der Waals surface area contributed by atoms with Gasteiger partial charge in [-0.25, -0.2) is 0 Å². The first-order valence-electron chi connectivity index (χ1n) is 4.54. The quantitative estimate of drug-likeness (QED) is 0.365. The monoisotopic (exact) mass is 208 g/mol. The van der Waals surface area contributed by atoms with Gasteiger partial charge in [0.1, 0.15) is 24.4 Å². The highest BCUT2D eigenvalue weighted by atomic mass is 16.8. The van der Waals surface area contributed by atoms with E-state index in [1.165, 1.54) is 0 Å². The Morgan fingerprint density at radius 3 is 2.14 bits per heavy atom. The predicted octanol–water partition coefficient (Wildman–Crippen LogP) is -2.18. The number of aliphatic hydroxyl groups excluding tert-OH is 4. The van der Waals surface area contributed by atoms with E-state index in [0.717, 1.165) is 0 Å². The molecule has 84 valence electrons. The summed E-state index contributed by atoms with van der Waals surface area (Å²) in [4.78, 5) is 0. The van der Waals surface area contributed by atoms with Crippen LogP contribution in [0.4, 0.5) is 0 Å². The lowest BCUT2D eigenvalue weighted by Gasteiger charge is -2.27. The summed E-state index contributed by atoms with van der Waals surface area (Å²) in [7, 11) is 0. The Balaban J connectivity index is 0.000000293. The van der Waals surface area contributed by atoms with Gasteiger partial charge in [0.15, 0.2) is 6.29 Å². The van der Waals surface area contributed by atoms with Crippen molar-refractivity contribution in [2.24, 2.45) is 0 Å². The fraction of sp³-hybridized carbons (Fsp3) is 1.00. The summed E-state index contributed by atoms with van der Waals surface area (Å²) in [5.41, 5.74) is 0. The molecule has 0 bridgehead atoms. The summed E-state index contributed by atoms with van der Waals surface area (Å²) in [5.74, 6) is 0. The molecule has 0 aliphatic carbocycles. The third-order valence-corrected chi connectivity index (χ3v) is 2.04. The fourth-order valence-electron chi connectivity index (χ4n) is 1.28. The van der Waals surface area contributed by atoms with Crippen LogP contribution in [-0.2, 0) is 9.47 Å². The number of epoxide rings is 1. The third kappa shape index (κ3) is 2.41. The summed E-state index contributed by atoms with van der Waals surface area (Å²) in [6.07, 6.45) is -3.50. The third-order valence-electron chi connectivity index (χ3n) is 2.04. The van der Waals surface area contributed by atoms with Crippen molar-refractivity contribution in [2.45, 2.75) is 37.6 Å². The molecule has 2 fully saturated rings. The molecule has 0 spiro atoms. The summed E-state index contributed by atoms with van der Waals surface area (Å²) >= 11 is 0. The smallest absolute Gasteiger partial charge is 0.187 e. The zero-order valence-corrected chi connectivity index (χ0v) is 7.91. The van der Waals surface area contributed by atoms with Gasteiger partial charge >= 0.3 is 0 Å². The molecule has 4 N–H and O–H groups in total. The molecule has 2 heterocycles. The maximum Gasteiger partial charge on any atom is 0.187 e. The Kier molecular flexibility index (Phi) is 4.24. The van der Waals surface area contributed by atoms with E-state index in [9.17, 15) is 10.2 Å². The Hall–Kier alpha value is -0.240. The molecule has 0 aromatic rings. The molecule has 0 radical (unpaired) electrons. The van der Waals surface area contributed by atoms with E-state index in [2.05, 4.69) is 0 Å². The average Bonchev–Trinajstić information content (AvgIpc) is 2.92. The van der Waals surface area contributed by atoms with Crippen LogP contribution in [0, 0.1) is 0 Å². The van der Waals surface area contributed by atoms with Crippen molar-refractivity contribution in [3.8, 4) is 0 Å². The van der Waals surface area contributed by atoms with Crippen LogP contribution in [-0.4, -0.2) is 64.3 Å². The molecule has 14 heavy (non-hydrogen) atoms. The van der Waals surface area contributed by atoms with E-state index in [1.54, 1.807) is 6.92 Å². The maximum absolute atomic E-state index is 9.22. The minimum absolute atomic E-state index is 0.250. The normalized spacial score (nSPS) is 44.8. The Labute approximate surface area is 81.7 Å². The van der Waals surface area contributed by atoms with Crippen molar-refractivity contribution in [1.29, 1.82) is 0 Å². The molecule has 2 aliphatic heterocycles. The molecule has 6 heteroatoms. The standard InChI is InChI=1S/C6H10O5.C2H6O/c7-1-2-3(8)4(9)5-6(10-2)11-5;1-2-3/h2-9H,1H2;3H,2H2,1H3. The van der Waals surface area contributed by atoms with Crippen molar-refractivity contribution < 1.29 is 29.9 Å². The Bertz CT molecular complexity index is 175. The second-order valence-corrected chi connectivity index (χ2v) is 3.12. The minimum Gasteiger partial charge on any atom is -0.397 e. The van der Waals surface area contributed by atoms with Gasteiger partial charge in [0, 0.05) is 6.61 Å². The molecule has 0 aromatic carbocycles. The average molecular weight is 208 g/mol. The first-order valence-corrected chi connectivity index (χ1v) is 4.54. The molecule has 2 saturated heterocycles. The van der Waals surface area contributed by atoms with Gasteiger partial charge in [0.25, 0.3) is 0 Å². The molecule has 6 nitrogen and oxygen atoms in total. The summed E-state index contributed by atoms with van der Waals surface area (Å²) in [6.45, 7) is 1.63. The number of hydrogen-bond donors (Lipinski definition) is 4. The van der Waals surface area contributed by atoms with Crippen LogP contribution < -0.4 is 0 Å². The Morgan fingerprint density at radius 1 is 1.07 bits per heavy atom. The van der Waals surface area contributed by atoms with Gasteiger partial charge in [0.2, 0.25) is 0 Å². The van der Waals surface area contributed by atoms with Gasteiger partial charge in [0.05, 0.1) is 6.61 Å². The van der Waals surface area contributed by atoms with Crippen molar-refractivity contribution >= 4 is 0 Å². The number of aliphatic hydroxyl groups is 4. The highest BCUT2D eigenvalue weighted by Crippen LogP contribution is 2.35. The van der Waals surface area contributed by atoms with E-state index in [-0.39, 0.29) is 13.2 Å². The van der Waals surface area contributed by atoms with Gasteiger partial charge in [-0.2, -0.15) is 0 Å². The van der Waals surface area contributed by atoms with Crippen LogP contribution in [0.3, 0.4) is 0 Å². The second-order valence-electron chi connectivity index (χ2n) is 3.12. The van der Waals surface area contributed by atoms with E-state index in [1.807, 2.05) is 0 Å². The number of rotatable bonds is 1. The maximum atomic E-state index is 9.22. The van der Waals surface area contributed by atoms with Crippen molar-refractivity contribution in [2.75, 3.05) is 13.2 Å². The van der Waals surface area contributed by atoms with Crippen molar-refractivity contribution in [1.82, 2.24) is 0 Å². The van der Waals surface area contributed by atoms with Gasteiger partial charge in [-0.3, -0.25) is 0 Å². The van der Waals surface area contributed by atoms with Gasteiger partial charge in [-0.05, 0) is 6.92 Å². The van der Waals surface area contributed by atoms with E-state index in [4.69, 9.17) is 19.7 Å². The number of ether oxygens (including phenoxy) is 2. The van der Waals surface area contributed by atoms with E-state index >= 15 is 0 Å². The van der Waals surface area contributed by atoms with Crippen LogP contribution in [0.1, 0.15) is 6.92 Å². The molecule has 0 aromatic heterocycles. The Morgan fingerprint density at radius 2 is 1.64 bits per heavy atom. The van der Waals surface area contributed by atoms with Crippen molar-refractivity contribution in [3.63, 3.8) is 0 Å². The van der Waals surface area contributed by atoms with Crippen LogP contribution in [0.15, 0.2) is 0 Å². The highest BCUT2D eigenvalue weighted by molar-refractivity contribution is 4.96. The SMILES string of the molecule is CCO.OCC1OC2OC2C(O)C1O. The lowest BCUT2D eigenvalue weighted by molar-refractivity contribution is -0.144. The molecule has 0 saturated carbocycles. The fourth-order valence-corrected chi connectivity index (χ4v) is 1.28. The summed E-state index contributed by atoms with van der Waals surface area (Å²) < 4.78 is 9.86. The van der Waals surface area contributed by atoms with Gasteiger partial charge in [-0.1, -0.05) is 0 Å². The number of hydrogen-bond acceptors (Lipinski definition) is 6. The molecule has 2 aliphatic rings. The van der Waals surface area contributed by atoms with Gasteiger partial charge in [-0.15, -0.1) is 0 Å². The zero-order valence-electron chi connectivity index (χ0n) is 7.91. The molecule has 5 atom stereocenters. The van der Waals surface area contributed by atoms with E-state index < -0.39 is 30.7 Å². The predicted molar refractivity (Wildman–Crippen MR) is 45.4 cm³/mol. The van der Waals surface area contributed by atoms with E-state index in [0.29, 0.717) is 0 Å². The summed E-state index contributed by atoms with van der Waals surface area (Å²) in [6, 6.07) is 0. The molecule has 0 amide bonds. The topological polar surface area (TPSA) is 103 Å². The first kappa shape index (κ1) is 11.8. The molecular formula is C8H16O6. The largest absolute Gasteiger partial charge is 0.397 e. The highest BCUT2D eigenvalue weighted by Gasteiger charge is 2.55. The molecule has 2 rings (SSSR count). The van der Waals surface area contributed by atoms with Crippen LogP contribution in [0.2, 0.25) is 0 Å². The zero-order chi connectivity index (χ0) is 10.7. The lowest BCUT2D eigenvalue weighted by Crippen LogP contribution is -2.48. The van der Waals surface area contributed by atoms with Crippen LogP contribution in [0.25, 0.3) is 0 Å². The minimum atomic E-state index is -1.04. The van der Waals surface area contributed by atoms with Gasteiger partial charge < -0.3 is 29.9 Å². The summed E-state index contributed by atoms with van der Waals surface area (Å²) in [5, 5.41) is 34.7. The van der Waals surface area contributed by atoms with Crippen LogP contribution >= 0.6 is 0 Å². The molecule has 5 unspecified atom stereocenters. The van der Waals surface area contributed by atoms with Crippen molar-refractivity contribution in [3.05, 3.63) is 0 Å². The molecular weight excluding hydrogens is 192 g/mol.